The van der Waals surface area contributed by atoms with Crippen LogP contribution in [0.25, 0.3) is 0 Å². The van der Waals surface area contributed by atoms with Crippen molar-refractivity contribution in [2.45, 2.75) is 42.4 Å². The Balaban J connectivity index is 1.76. The van der Waals surface area contributed by atoms with E-state index in [1.54, 1.807) is 0 Å². The fourth-order valence-corrected chi connectivity index (χ4v) is 4.64. The van der Waals surface area contributed by atoms with E-state index >= 15 is 0 Å². The van der Waals surface area contributed by atoms with Gasteiger partial charge in [0.05, 0.1) is 22.5 Å². The number of aromatic nitrogens is 3. The summed E-state index contributed by atoms with van der Waals surface area (Å²) in [6.45, 7) is 0.969. The molecule has 0 saturated heterocycles. The van der Waals surface area contributed by atoms with Gasteiger partial charge in [-0.25, -0.2) is 14.0 Å². The van der Waals surface area contributed by atoms with Crippen molar-refractivity contribution in [2.24, 2.45) is 0 Å². The number of methoxy groups -OCH3 is 1. The summed E-state index contributed by atoms with van der Waals surface area (Å²) in [7, 11) is -2.07. The summed E-state index contributed by atoms with van der Waals surface area (Å²) in [6, 6.07) is 7.50. The quantitative estimate of drug-likeness (QED) is 0.330. The summed E-state index contributed by atoms with van der Waals surface area (Å²) in [5, 5.41) is 8.93. The van der Waals surface area contributed by atoms with Crippen molar-refractivity contribution < 1.29 is 44.8 Å². The van der Waals surface area contributed by atoms with Crippen LogP contribution in [0.2, 0.25) is 0 Å². The lowest BCUT2D eigenvalue weighted by Gasteiger charge is -2.20. The predicted molar refractivity (Wildman–Crippen MR) is 129 cm³/mol. The third kappa shape index (κ3) is 5.52. The van der Waals surface area contributed by atoms with E-state index in [9.17, 15) is 35.3 Å². The number of halogens is 6. The molecule has 2 heterocycles. The van der Waals surface area contributed by atoms with Gasteiger partial charge in [-0.3, -0.25) is 4.79 Å². The molecule has 1 unspecified atom stereocenters. The van der Waals surface area contributed by atoms with E-state index in [1.165, 1.54) is 24.3 Å². The standard InChI is InChI=1S/C24H21F6N5O4S/c1-12-17(19(36)32-13-5-4-6-14(11-13)40(3,31)37)21(35-34-18(12)23(25,26)27)39-15-7-8-16(33-20(15)38-2)22(9-10-22)24(28,29)30/h4-8,11,31H,9-10H2,1-3H3,(H,32,36). The maximum atomic E-state index is 13.6. The van der Waals surface area contributed by atoms with E-state index in [2.05, 4.69) is 20.5 Å². The van der Waals surface area contributed by atoms with Gasteiger partial charge in [-0.15, -0.1) is 10.2 Å². The van der Waals surface area contributed by atoms with Crippen LogP contribution in [0.1, 0.15) is 40.2 Å². The number of ether oxygens (including phenoxy) is 2. The van der Waals surface area contributed by atoms with Gasteiger partial charge >= 0.3 is 12.4 Å². The Kier molecular flexibility index (Phi) is 7.19. The van der Waals surface area contributed by atoms with Crippen molar-refractivity contribution in [2.75, 3.05) is 18.7 Å². The first-order chi connectivity index (χ1) is 18.5. The zero-order valence-electron chi connectivity index (χ0n) is 21.0. The number of carbonyl (C=O) groups is 1. The first-order valence-corrected chi connectivity index (χ1v) is 13.3. The Labute approximate surface area is 223 Å². The number of hydrogen-bond donors (Lipinski definition) is 2. The number of anilines is 1. The van der Waals surface area contributed by atoms with Crippen LogP contribution in [0.15, 0.2) is 41.3 Å². The maximum Gasteiger partial charge on any atom is 0.435 e. The van der Waals surface area contributed by atoms with E-state index < -0.39 is 62.0 Å². The van der Waals surface area contributed by atoms with Gasteiger partial charge in [0.1, 0.15) is 11.0 Å². The lowest BCUT2D eigenvalue weighted by molar-refractivity contribution is -0.161. The Morgan fingerprint density at radius 3 is 2.30 bits per heavy atom. The Hall–Kier alpha value is -3.95. The highest BCUT2D eigenvalue weighted by atomic mass is 32.2. The molecule has 0 radical (unpaired) electrons. The first kappa shape index (κ1) is 29.0. The lowest BCUT2D eigenvalue weighted by atomic mass is 10.0. The van der Waals surface area contributed by atoms with Crippen molar-refractivity contribution in [1.29, 1.82) is 4.78 Å². The second kappa shape index (κ2) is 9.91. The summed E-state index contributed by atoms with van der Waals surface area (Å²) in [5.41, 5.74) is -5.24. The molecule has 1 aliphatic rings. The van der Waals surface area contributed by atoms with Crippen molar-refractivity contribution >= 4 is 21.3 Å². The smallest absolute Gasteiger partial charge is 0.435 e. The number of alkyl halides is 6. The average molecular weight is 590 g/mol. The fraction of sp³-hybridized carbons (Fsp3) is 0.333. The molecule has 40 heavy (non-hydrogen) atoms. The second-order valence-electron chi connectivity index (χ2n) is 9.06. The summed E-state index contributed by atoms with van der Waals surface area (Å²) >= 11 is 0. The number of pyridine rings is 1. The van der Waals surface area contributed by atoms with E-state index in [-0.39, 0.29) is 34.9 Å². The molecular formula is C24H21F6N5O4S. The van der Waals surface area contributed by atoms with Gasteiger partial charge < -0.3 is 14.8 Å². The predicted octanol–water partition coefficient (Wildman–Crippen LogP) is 5.88. The van der Waals surface area contributed by atoms with E-state index in [0.717, 1.165) is 32.4 Å². The second-order valence-corrected chi connectivity index (χ2v) is 11.2. The van der Waals surface area contributed by atoms with Gasteiger partial charge in [0.25, 0.3) is 17.7 Å². The van der Waals surface area contributed by atoms with Crippen molar-refractivity contribution in [3.05, 3.63) is 58.9 Å². The molecule has 3 aromatic rings. The molecule has 0 spiro atoms. The molecule has 1 amide bonds. The molecular weight excluding hydrogens is 568 g/mol. The lowest BCUT2D eigenvalue weighted by Crippen LogP contribution is -2.29. The van der Waals surface area contributed by atoms with E-state index in [4.69, 9.17) is 14.3 Å². The zero-order chi connectivity index (χ0) is 29.7. The summed E-state index contributed by atoms with van der Waals surface area (Å²) < 4.78 is 112. The van der Waals surface area contributed by atoms with Gasteiger partial charge in [-0.1, -0.05) is 6.07 Å². The SMILES string of the molecule is COc1nc(C2(C(F)(F)F)CC2)ccc1Oc1nnc(C(F)(F)F)c(C)c1C(=O)Nc1cccc(S(C)(=N)=O)c1. The normalized spacial score (nSPS) is 16.1. The minimum absolute atomic E-state index is 0.0190. The molecule has 16 heteroatoms. The van der Waals surface area contributed by atoms with Crippen molar-refractivity contribution in [1.82, 2.24) is 15.2 Å². The van der Waals surface area contributed by atoms with Crippen molar-refractivity contribution in [3.8, 4) is 17.5 Å². The number of hydrogen-bond acceptors (Lipinski definition) is 8. The van der Waals surface area contributed by atoms with Gasteiger partial charge in [-0.2, -0.15) is 26.3 Å². The third-order valence-corrected chi connectivity index (χ3v) is 7.38. The molecule has 1 fully saturated rings. The van der Waals surface area contributed by atoms with Crippen LogP contribution in [0.4, 0.5) is 32.0 Å². The Bertz CT molecular complexity index is 1590. The Morgan fingerprint density at radius 2 is 1.75 bits per heavy atom. The van der Waals surface area contributed by atoms with Crippen LogP contribution in [-0.4, -0.2) is 44.8 Å². The third-order valence-electron chi connectivity index (χ3n) is 6.23. The minimum atomic E-state index is -4.99. The molecule has 4 rings (SSSR count). The van der Waals surface area contributed by atoms with Crippen LogP contribution >= 0.6 is 0 Å². The average Bonchev–Trinajstić information content (AvgIpc) is 3.65. The first-order valence-electron chi connectivity index (χ1n) is 11.4. The van der Waals surface area contributed by atoms with Gasteiger partial charge in [0, 0.05) is 16.8 Å². The van der Waals surface area contributed by atoms with Gasteiger partial charge in [0.15, 0.2) is 11.4 Å². The number of rotatable bonds is 7. The van der Waals surface area contributed by atoms with Crippen LogP contribution < -0.4 is 14.8 Å². The molecule has 214 valence electrons. The van der Waals surface area contributed by atoms with Crippen LogP contribution in [0.5, 0.6) is 17.5 Å². The molecule has 1 saturated carbocycles. The number of benzene rings is 1. The van der Waals surface area contributed by atoms with Crippen molar-refractivity contribution in [3.63, 3.8) is 0 Å². The highest BCUT2D eigenvalue weighted by Crippen LogP contribution is 2.58. The van der Waals surface area contributed by atoms with E-state index in [0.29, 0.717) is 0 Å². The molecule has 1 aromatic carbocycles. The monoisotopic (exact) mass is 589 g/mol. The van der Waals surface area contributed by atoms with Crippen LogP contribution in [-0.2, 0) is 21.3 Å². The maximum absolute atomic E-state index is 13.6. The number of nitrogens with zero attached hydrogens (tertiary/aromatic N) is 3. The minimum Gasteiger partial charge on any atom is -0.478 e. The molecule has 2 N–H and O–H groups in total. The molecule has 1 atom stereocenters. The molecule has 0 aliphatic heterocycles. The fourth-order valence-electron chi connectivity index (χ4n) is 3.95. The number of carbonyl (C=O) groups excluding carboxylic acids is 1. The molecule has 2 aromatic heterocycles. The van der Waals surface area contributed by atoms with Gasteiger partial charge in [-0.05, 0) is 55.7 Å². The summed E-state index contributed by atoms with van der Waals surface area (Å²) in [6.07, 6.45) is -8.74. The zero-order valence-corrected chi connectivity index (χ0v) is 21.8. The highest BCUT2D eigenvalue weighted by Gasteiger charge is 2.65. The van der Waals surface area contributed by atoms with Crippen LogP contribution in [0.3, 0.4) is 0 Å². The summed E-state index contributed by atoms with van der Waals surface area (Å²) in [4.78, 5) is 17.2. The largest absolute Gasteiger partial charge is 0.478 e. The summed E-state index contributed by atoms with van der Waals surface area (Å²) in [5.74, 6) is -2.56. The number of amides is 1. The molecule has 0 bridgehead atoms. The molecule has 1 aliphatic carbocycles. The van der Waals surface area contributed by atoms with E-state index in [1.807, 2.05) is 0 Å². The number of nitrogens with one attached hydrogen (secondary N) is 2. The molecule has 9 nitrogen and oxygen atoms in total. The topological polar surface area (TPSA) is 127 Å². The van der Waals surface area contributed by atoms with Gasteiger partial charge in [0.2, 0.25) is 0 Å². The van der Waals surface area contributed by atoms with Crippen LogP contribution in [0, 0.1) is 11.7 Å². The highest BCUT2D eigenvalue weighted by molar-refractivity contribution is 7.91. The Morgan fingerprint density at radius 1 is 1.07 bits per heavy atom.